The Kier molecular flexibility index (Phi) is 5.46. The number of aliphatic carboxylic acids is 1. The summed E-state index contributed by atoms with van der Waals surface area (Å²) in [4.78, 5) is 36.9. The molecule has 0 saturated carbocycles. The van der Waals surface area contributed by atoms with Crippen molar-refractivity contribution < 1.29 is 19.5 Å². The summed E-state index contributed by atoms with van der Waals surface area (Å²) in [5.41, 5.74) is 5.83. The first-order valence-corrected chi connectivity index (χ1v) is 5.68. The van der Waals surface area contributed by atoms with Crippen molar-refractivity contribution in [2.75, 3.05) is 0 Å². The third kappa shape index (κ3) is 5.62. The molecule has 0 fully saturated rings. The van der Waals surface area contributed by atoms with Gasteiger partial charge in [-0.2, -0.15) is 0 Å². The van der Waals surface area contributed by atoms with Crippen LogP contribution in [0.5, 0.6) is 0 Å². The number of nitrogens with zero attached hydrogens (tertiary/aromatic N) is 1. The topological polar surface area (TPSA) is 122 Å². The van der Waals surface area contributed by atoms with Crippen molar-refractivity contribution in [1.82, 2.24) is 10.3 Å². The van der Waals surface area contributed by atoms with Crippen LogP contribution in [0.1, 0.15) is 18.4 Å². The minimum absolute atomic E-state index is 0.132. The second-order valence-corrected chi connectivity index (χ2v) is 3.98. The number of hydrogen-bond donors (Lipinski definition) is 3. The Morgan fingerprint density at radius 3 is 2.47 bits per heavy atom. The number of pyridine rings is 1. The average molecular weight is 265 g/mol. The van der Waals surface area contributed by atoms with Crippen LogP contribution in [0, 0.1) is 0 Å². The molecule has 102 valence electrons. The highest BCUT2D eigenvalue weighted by Crippen LogP contribution is 2.01. The molecule has 1 atom stereocenters. The molecule has 0 aromatic carbocycles. The number of carboxylic acids is 1. The predicted octanol–water partition coefficient (Wildman–Crippen LogP) is -0.541. The Labute approximate surface area is 109 Å². The minimum atomic E-state index is -1.28. The molecule has 1 heterocycles. The Balaban J connectivity index is 2.45. The number of primary amides is 1. The fraction of sp³-hybridized carbons (Fsp3) is 0.333. The van der Waals surface area contributed by atoms with Gasteiger partial charge in [-0.25, -0.2) is 4.79 Å². The SMILES string of the molecule is NC(=O)CC(NC(=O)CCc1ccncc1)C(=O)O. The second kappa shape index (κ2) is 7.10. The van der Waals surface area contributed by atoms with Gasteiger partial charge in [0.15, 0.2) is 0 Å². The number of carbonyl (C=O) groups is 3. The first-order chi connectivity index (χ1) is 8.99. The van der Waals surface area contributed by atoms with Gasteiger partial charge in [-0.3, -0.25) is 14.6 Å². The van der Waals surface area contributed by atoms with Crippen molar-refractivity contribution in [1.29, 1.82) is 0 Å². The number of hydrogen-bond acceptors (Lipinski definition) is 4. The maximum absolute atomic E-state index is 11.6. The maximum Gasteiger partial charge on any atom is 0.326 e. The molecule has 7 heteroatoms. The first-order valence-electron chi connectivity index (χ1n) is 5.68. The van der Waals surface area contributed by atoms with E-state index in [0.29, 0.717) is 6.42 Å². The molecule has 0 radical (unpaired) electrons. The Morgan fingerprint density at radius 2 is 1.95 bits per heavy atom. The minimum Gasteiger partial charge on any atom is -0.480 e. The van der Waals surface area contributed by atoms with E-state index < -0.39 is 30.2 Å². The van der Waals surface area contributed by atoms with Crippen LogP contribution in [0.3, 0.4) is 0 Å². The molecule has 19 heavy (non-hydrogen) atoms. The molecule has 1 rings (SSSR count). The highest BCUT2D eigenvalue weighted by molar-refractivity contribution is 5.88. The molecule has 4 N–H and O–H groups in total. The third-order valence-corrected chi connectivity index (χ3v) is 2.43. The van der Waals surface area contributed by atoms with Crippen molar-refractivity contribution in [2.24, 2.45) is 5.73 Å². The molecule has 0 saturated heterocycles. The molecule has 1 aromatic rings. The second-order valence-electron chi connectivity index (χ2n) is 3.98. The number of amides is 2. The van der Waals surface area contributed by atoms with Gasteiger partial charge >= 0.3 is 5.97 Å². The van der Waals surface area contributed by atoms with E-state index in [4.69, 9.17) is 10.8 Å². The van der Waals surface area contributed by atoms with Crippen LogP contribution in [0.2, 0.25) is 0 Å². The van der Waals surface area contributed by atoms with Crippen molar-refractivity contribution in [3.63, 3.8) is 0 Å². The van der Waals surface area contributed by atoms with Gasteiger partial charge in [0.1, 0.15) is 6.04 Å². The number of nitrogens with one attached hydrogen (secondary N) is 1. The molecule has 0 aliphatic carbocycles. The average Bonchev–Trinajstić information content (AvgIpc) is 2.36. The van der Waals surface area contributed by atoms with Gasteiger partial charge in [-0.1, -0.05) is 0 Å². The monoisotopic (exact) mass is 265 g/mol. The predicted molar refractivity (Wildman–Crippen MR) is 65.9 cm³/mol. The van der Waals surface area contributed by atoms with E-state index in [1.165, 1.54) is 0 Å². The zero-order valence-electron chi connectivity index (χ0n) is 10.2. The molecule has 0 aliphatic rings. The van der Waals surface area contributed by atoms with E-state index in [2.05, 4.69) is 10.3 Å². The smallest absolute Gasteiger partial charge is 0.326 e. The molecule has 7 nitrogen and oxygen atoms in total. The van der Waals surface area contributed by atoms with Crippen molar-refractivity contribution in [3.8, 4) is 0 Å². The summed E-state index contributed by atoms with van der Waals surface area (Å²) >= 11 is 0. The number of nitrogens with two attached hydrogens (primary N) is 1. The van der Waals surface area contributed by atoms with Gasteiger partial charge in [0, 0.05) is 18.8 Å². The lowest BCUT2D eigenvalue weighted by Gasteiger charge is -2.12. The lowest BCUT2D eigenvalue weighted by atomic mass is 10.1. The van der Waals surface area contributed by atoms with Crippen LogP contribution >= 0.6 is 0 Å². The quantitative estimate of drug-likeness (QED) is 0.611. The third-order valence-electron chi connectivity index (χ3n) is 2.43. The van der Waals surface area contributed by atoms with Crippen LogP contribution in [-0.4, -0.2) is 33.9 Å². The zero-order valence-corrected chi connectivity index (χ0v) is 10.2. The maximum atomic E-state index is 11.6. The molecule has 1 unspecified atom stereocenters. The van der Waals surface area contributed by atoms with Gasteiger partial charge in [-0.15, -0.1) is 0 Å². The van der Waals surface area contributed by atoms with Crippen LogP contribution in [0.15, 0.2) is 24.5 Å². The lowest BCUT2D eigenvalue weighted by molar-refractivity contribution is -0.143. The van der Waals surface area contributed by atoms with Crippen molar-refractivity contribution >= 4 is 17.8 Å². The highest BCUT2D eigenvalue weighted by atomic mass is 16.4. The van der Waals surface area contributed by atoms with Crippen molar-refractivity contribution in [2.45, 2.75) is 25.3 Å². The van der Waals surface area contributed by atoms with Gasteiger partial charge in [0.05, 0.1) is 6.42 Å². The van der Waals surface area contributed by atoms with Crippen LogP contribution in [-0.2, 0) is 20.8 Å². The van der Waals surface area contributed by atoms with Crippen LogP contribution < -0.4 is 11.1 Å². The molecule has 0 bridgehead atoms. The van der Waals surface area contributed by atoms with Crippen molar-refractivity contribution in [3.05, 3.63) is 30.1 Å². The number of rotatable bonds is 7. The molecule has 0 aliphatic heterocycles. The Morgan fingerprint density at radius 1 is 1.32 bits per heavy atom. The van der Waals surface area contributed by atoms with Gasteiger partial charge < -0.3 is 16.2 Å². The molecule has 0 spiro atoms. The number of carbonyl (C=O) groups excluding carboxylic acids is 2. The van der Waals surface area contributed by atoms with Gasteiger partial charge in [0.25, 0.3) is 0 Å². The molecular weight excluding hydrogens is 250 g/mol. The standard InChI is InChI=1S/C12H15N3O4/c13-10(16)7-9(12(18)19)15-11(17)2-1-8-3-5-14-6-4-8/h3-6,9H,1-2,7H2,(H2,13,16)(H,15,17)(H,18,19). The summed E-state index contributed by atoms with van der Waals surface area (Å²) < 4.78 is 0. The summed E-state index contributed by atoms with van der Waals surface area (Å²) in [5, 5.41) is 11.1. The van der Waals surface area contributed by atoms with Gasteiger partial charge in [-0.05, 0) is 24.1 Å². The van der Waals surface area contributed by atoms with E-state index in [1.54, 1.807) is 24.5 Å². The Hall–Kier alpha value is -2.44. The molecule has 2 amide bonds. The molecular formula is C12H15N3O4. The van der Waals surface area contributed by atoms with E-state index >= 15 is 0 Å². The number of aromatic nitrogens is 1. The van der Waals surface area contributed by atoms with Gasteiger partial charge in [0.2, 0.25) is 11.8 Å². The largest absolute Gasteiger partial charge is 0.480 e. The fourth-order valence-electron chi connectivity index (χ4n) is 1.48. The van der Waals surface area contributed by atoms with E-state index in [0.717, 1.165) is 5.56 Å². The Bertz CT molecular complexity index is 461. The highest BCUT2D eigenvalue weighted by Gasteiger charge is 2.21. The summed E-state index contributed by atoms with van der Waals surface area (Å²) in [5.74, 6) is -2.50. The van der Waals surface area contributed by atoms with E-state index in [9.17, 15) is 14.4 Å². The number of aryl methyl sites for hydroxylation is 1. The summed E-state index contributed by atoms with van der Waals surface area (Å²) in [6, 6.07) is 2.26. The number of carboxylic acid groups (broad SMARTS) is 1. The van der Waals surface area contributed by atoms with E-state index in [1.807, 2.05) is 0 Å². The van der Waals surface area contributed by atoms with Crippen LogP contribution in [0.25, 0.3) is 0 Å². The molecule has 1 aromatic heterocycles. The lowest BCUT2D eigenvalue weighted by Crippen LogP contribution is -2.43. The summed E-state index contributed by atoms with van der Waals surface area (Å²) in [6.45, 7) is 0. The van der Waals surface area contributed by atoms with E-state index in [-0.39, 0.29) is 6.42 Å². The fourth-order valence-corrected chi connectivity index (χ4v) is 1.48. The summed E-state index contributed by atoms with van der Waals surface area (Å²) in [6.07, 6.45) is 3.40. The van der Waals surface area contributed by atoms with Crippen LogP contribution in [0.4, 0.5) is 0 Å². The summed E-state index contributed by atoms with van der Waals surface area (Å²) in [7, 11) is 0. The normalized spacial score (nSPS) is 11.6. The zero-order chi connectivity index (χ0) is 14.3. The first kappa shape index (κ1) is 14.6.